The summed E-state index contributed by atoms with van der Waals surface area (Å²) in [5.41, 5.74) is -2.54. The normalized spacial score (nSPS) is 22.1. The van der Waals surface area contributed by atoms with E-state index in [-0.39, 0.29) is 11.3 Å². The molecule has 0 aromatic heterocycles. The maximum Gasteiger partial charge on any atom is 0.410 e. The molecule has 6 nitrogen and oxygen atoms in total. The van der Waals surface area contributed by atoms with Crippen LogP contribution in [0.5, 0.6) is 0 Å². The number of carbonyl (C=O) groups is 2. The minimum absolute atomic E-state index is 0.285. The van der Waals surface area contributed by atoms with Gasteiger partial charge in [0.25, 0.3) is 0 Å². The van der Waals surface area contributed by atoms with E-state index in [1.807, 2.05) is 0 Å². The lowest BCUT2D eigenvalue weighted by Gasteiger charge is -2.34. The molecule has 1 aromatic carbocycles. The van der Waals surface area contributed by atoms with E-state index in [1.165, 1.54) is 24.3 Å². The minimum atomic E-state index is -1.42. The Bertz CT molecular complexity index is 867. The van der Waals surface area contributed by atoms with Crippen LogP contribution in [0.2, 0.25) is 0 Å². The predicted molar refractivity (Wildman–Crippen MR) is 97.4 cm³/mol. The van der Waals surface area contributed by atoms with Crippen LogP contribution in [0.25, 0.3) is 0 Å². The summed E-state index contributed by atoms with van der Waals surface area (Å²) < 4.78 is 18.5. The second-order valence-corrected chi connectivity index (χ2v) is 8.46. The van der Waals surface area contributed by atoms with Crippen LogP contribution >= 0.6 is 0 Å². The van der Waals surface area contributed by atoms with Crippen molar-refractivity contribution in [1.82, 2.24) is 4.90 Å². The predicted octanol–water partition coefficient (Wildman–Crippen LogP) is 3.69. The second-order valence-electron chi connectivity index (χ2n) is 8.46. The van der Waals surface area contributed by atoms with Gasteiger partial charge in [0.1, 0.15) is 11.4 Å². The lowest BCUT2D eigenvalue weighted by molar-refractivity contribution is 0.0158. The highest BCUT2D eigenvalue weighted by molar-refractivity contribution is 6.02. The third kappa shape index (κ3) is 3.01. The Balaban J connectivity index is 1.80. The number of Topliss-reactive ketones (excluding diaryl/α,β-unsaturated/α-hetero) is 1. The number of nitrogens with zero attached hydrogens (tertiary/aromatic N) is 3. The quantitative estimate of drug-likeness (QED) is 0.726. The number of nitriles is 2. The molecule has 1 heterocycles. The van der Waals surface area contributed by atoms with Crippen molar-refractivity contribution in [3.05, 3.63) is 35.6 Å². The third-order valence-corrected chi connectivity index (χ3v) is 5.74. The molecule has 1 aliphatic heterocycles. The number of piperidine rings is 1. The fourth-order valence-electron chi connectivity index (χ4n) is 4.30. The molecule has 3 rings (SSSR count). The highest BCUT2D eigenvalue weighted by Gasteiger charge is 2.80. The fourth-order valence-corrected chi connectivity index (χ4v) is 4.30. The van der Waals surface area contributed by atoms with Crippen LogP contribution in [0.3, 0.4) is 0 Å². The standard InChI is InChI=1S/C21H22FN3O3/c1-19(2,3)28-18(27)25-10-8-20(9-11-25)17(21(20,12-23)13-24)16(26)14-4-6-15(22)7-5-14/h4-7,17H,8-11H2,1-3H3. The van der Waals surface area contributed by atoms with Gasteiger partial charge in [-0.1, -0.05) is 0 Å². The molecule has 1 amide bonds. The number of rotatable bonds is 2. The summed E-state index contributed by atoms with van der Waals surface area (Å²) in [6, 6.07) is 9.26. The maximum absolute atomic E-state index is 13.2. The number of benzene rings is 1. The van der Waals surface area contributed by atoms with E-state index in [1.54, 1.807) is 25.7 Å². The van der Waals surface area contributed by atoms with Crippen molar-refractivity contribution in [2.75, 3.05) is 13.1 Å². The Labute approximate surface area is 163 Å². The summed E-state index contributed by atoms with van der Waals surface area (Å²) in [7, 11) is 0. The molecule has 7 heteroatoms. The zero-order chi connectivity index (χ0) is 20.7. The zero-order valence-corrected chi connectivity index (χ0v) is 16.2. The van der Waals surface area contributed by atoms with Gasteiger partial charge in [-0.25, -0.2) is 9.18 Å². The number of amides is 1. The topological polar surface area (TPSA) is 94.2 Å². The molecule has 0 N–H and O–H groups in total. The van der Waals surface area contributed by atoms with Crippen LogP contribution in [-0.2, 0) is 4.74 Å². The van der Waals surface area contributed by atoms with Gasteiger partial charge in [-0.3, -0.25) is 4.79 Å². The Morgan fingerprint density at radius 2 is 1.68 bits per heavy atom. The summed E-state index contributed by atoms with van der Waals surface area (Å²) >= 11 is 0. The molecule has 1 spiro atoms. The fraction of sp³-hybridized carbons (Fsp3) is 0.524. The molecule has 0 bridgehead atoms. The van der Waals surface area contributed by atoms with Crippen molar-refractivity contribution in [2.45, 2.75) is 39.2 Å². The molecular weight excluding hydrogens is 361 g/mol. The molecule has 1 unspecified atom stereocenters. The van der Waals surface area contributed by atoms with E-state index in [4.69, 9.17) is 4.74 Å². The van der Waals surface area contributed by atoms with Crippen molar-refractivity contribution in [3.8, 4) is 12.1 Å². The van der Waals surface area contributed by atoms with Crippen LogP contribution in [0.4, 0.5) is 9.18 Å². The molecule has 2 fully saturated rings. The van der Waals surface area contributed by atoms with E-state index in [0.29, 0.717) is 25.9 Å². The van der Waals surface area contributed by atoms with Gasteiger partial charge in [-0.15, -0.1) is 0 Å². The van der Waals surface area contributed by atoms with E-state index in [0.717, 1.165) is 0 Å². The number of hydrogen-bond donors (Lipinski definition) is 0. The molecular formula is C21H22FN3O3. The van der Waals surface area contributed by atoms with Crippen LogP contribution in [0, 0.1) is 45.2 Å². The lowest BCUT2D eigenvalue weighted by atomic mass is 9.84. The van der Waals surface area contributed by atoms with Crippen LogP contribution < -0.4 is 0 Å². The Morgan fingerprint density at radius 3 is 2.14 bits per heavy atom. The minimum Gasteiger partial charge on any atom is -0.444 e. The van der Waals surface area contributed by atoms with Crippen molar-refractivity contribution < 1.29 is 18.7 Å². The summed E-state index contributed by atoms with van der Waals surface area (Å²) in [4.78, 5) is 26.8. The van der Waals surface area contributed by atoms with E-state index < -0.39 is 34.3 Å². The Kier molecular flexibility index (Phi) is 4.67. The van der Waals surface area contributed by atoms with Gasteiger partial charge in [0.2, 0.25) is 0 Å². The highest BCUT2D eigenvalue weighted by Crippen LogP contribution is 2.74. The first-order chi connectivity index (χ1) is 13.1. The van der Waals surface area contributed by atoms with E-state index in [9.17, 15) is 24.5 Å². The average molecular weight is 383 g/mol. The first-order valence-corrected chi connectivity index (χ1v) is 9.20. The van der Waals surface area contributed by atoms with Gasteiger partial charge in [-0.05, 0) is 57.9 Å². The van der Waals surface area contributed by atoms with E-state index in [2.05, 4.69) is 12.1 Å². The third-order valence-electron chi connectivity index (χ3n) is 5.74. The van der Waals surface area contributed by atoms with E-state index >= 15 is 0 Å². The Hall–Kier alpha value is -2.93. The van der Waals surface area contributed by atoms with Crippen LogP contribution in [-0.4, -0.2) is 35.5 Å². The highest BCUT2D eigenvalue weighted by atomic mass is 19.1. The summed E-state index contributed by atoms with van der Waals surface area (Å²) in [6.07, 6.45) is 0.291. The first-order valence-electron chi connectivity index (χ1n) is 9.20. The molecule has 28 heavy (non-hydrogen) atoms. The molecule has 1 aromatic rings. The molecule has 2 aliphatic rings. The SMILES string of the molecule is CC(C)(C)OC(=O)N1CCC2(CC1)C(C(=O)c1ccc(F)cc1)C2(C#N)C#N. The second kappa shape index (κ2) is 6.60. The van der Waals surface area contributed by atoms with Crippen molar-refractivity contribution >= 4 is 11.9 Å². The number of ketones is 1. The van der Waals surface area contributed by atoms with Gasteiger partial charge < -0.3 is 9.64 Å². The smallest absolute Gasteiger partial charge is 0.410 e. The van der Waals surface area contributed by atoms with Crippen molar-refractivity contribution in [1.29, 1.82) is 10.5 Å². The van der Waals surface area contributed by atoms with Gasteiger partial charge >= 0.3 is 6.09 Å². The molecule has 1 saturated carbocycles. The monoisotopic (exact) mass is 383 g/mol. The zero-order valence-electron chi connectivity index (χ0n) is 16.2. The molecule has 1 aliphatic carbocycles. The number of carbonyl (C=O) groups excluding carboxylic acids is 2. The summed E-state index contributed by atoms with van der Waals surface area (Å²) in [5, 5.41) is 19.4. The lowest BCUT2D eigenvalue weighted by Crippen LogP contribution is -2.43. The number of ether oxygens (including phenoxy) is 1. The largest absolute Gasteiger partial charge is 0.444 e. The van der Waals surface area contributed by atoms with Crippen molar-refractivity contribution in [2.24, 2.45) is 16.7 Å². The van der Waals surface area contributed by atoms with Gasteiger partial charge in [0, 0.05) is 24.1 Å². The average Bonchev–Trinajstić information content (AvgIpc) is 3.21. The molecule has 146 valence electrons. The van der Waals surface area contributed by atoms with Gasteiger partial charge in [0.15, 0.2) is 11.2 Å². The van der Waals surface area contributed by atoms with Crippen molar-refractivity contribution in [3.63, 3.8) is 0 Å². The molecule has 0 radical (unpaired) electrons. The van der Waals surface area contributed by atoms with Gasteiger partial charge in [-0.2, -0.15) is 10.5 Å². The number of halogens is 1. The first kappa shape index (κ1) is 19.8. The molecule has 1 atom stereocenters. The number of hydrogen-bond acceptors (Lipinski definition) is 5. The number of likely N-dealkylation sites (tertiary alicyclic amines) is 1. The van der Waals surface area contributed by atoms with Crippen LogP contribution in [0.1, 0.15) is 44.0 Å². The maximum atomic E-state index is 13.2. The Morgan fingerprint density at radius 1 is 1.14 bits per heavy atom. The van der Waals surface area contributed by atoms with Crippen LogP contribution in [0.15, 0.2) is 24.3 Å². The summed E-state index contributed by atoms with van der Waals surface area (Å²) in [5.74, 6) is -1.56. The van der Waals surface area contributed by atoms with Gasteiger partial charge in [0.05, 0.1) is 18.1 Å². The summed E-state index contributed by atoms with van der Waals surface area (Å²) in [6.45, 7) is 5.97. The molecule has 1 saturated heterocycles.